The van der Waals surface area contributed by atoms with E-state index in [2.05, 4.69) is 11.9 Å². The van der Waals surface area contributed by atoms with Crippen molar-refractivity contribution in [3.05, 3.63) is 22.5 Å². The van der Waals surface area contributed by atoms with E-state index < -0.39 is 0 Å². The third kappa shape index (κ3) is 3.25. The van der Waals surface area contributed by atoms with Crippen molar-refractivity contribution in [2.24, 2.45) is 0 Å². The van der Waals surface area contributed by atoms with Gasteiger partial charge in [-0.25, -0.2) is 0 Å². The Hall–Kier alpha value is -1.58. The first kappa shape index (κ1) is 15.5. The van der Waals surface area contributed by atoms with Crippen molar-refractivity contribution in [1.29, 1.82) is 0 Å². The average molecular weight is 264 g/mol. The molecule has 4 heteroatoms. The Morgan fingerprint density at radius 3 is 2.26 bits per heavy atom. The molecule has 1 aromatic rings. The van der Waals surface area contributed by atoms with Crippen LogP contribution in [0, 0.1) is 13.8 Å². The maximum atomic E-state index is 12.5. The molecule has 0 saturated heterocycles. The molecule has 0 aromatic carbocycles. The number of Topliss-reactive ketones (excluding diaryl/α,β-unsaturated/α-hetero) is 1. The Balaban J connectivity index is 3.05. The number of ketones is 1. The summed E-state index contributed by atoms with van der Waals surface area (Å²) in [5.41, 5.74) is 2.75. The van der Waals surface area contributed by atoms with Crippen LogP contribution < -0.4 is 0 Å². The quantitative estimate of drug-likeness (QED) is 0.803. The van der Waals surface area contributed by atoms with Crippen molar-refractivity contribution in [3.8, 4) is 0 Å². The molecular formula is C15H24N2O2. The number of aryl methyl sites for hydroxylation is 1. The molecule has 106 valence electrons. The second-order valence-electron chi connectivity index (χ2n) is 4.92. The monoisotopic (exact) mass is 264 g/mol. The van der Waals surface area contributed by atoms with Crippen LogP contribution in [0.4, 0.5) is 0 Å². The molecule has 0 radical (unpaired) electrons. The van der Waals surface area contributed by atoms with Crippen LogP contribution in [0.25, 0.3) is 0 Å². The van der Waals surface area contributed by atoms with Gasteiger partial charge in [-0.15, -0.1) is 0 Å². The number of amides is 1. The summed E-state index contributed by atoms with van der Waals surface area (Å²) in [6.45, 7) is 10.7. The summed E-state index contributed by atoms with van der Waals surface area (Å²) in [5.74, 6) is -0.00837. The lowest BCUT2D eigenvalue weighted by Crippen LogP contribution is -2.32. The van der Waals surface area contributed by atoms with E-state index in [9.17, 15) is 9.59 Å². The highest BCUT2D eigenvalue weighted by molar-refractivity contribution is 6.02. The van der Waals surface area contributed by atoms with Crippen molar-refractivity contribution in [2.75, 3.05) is 13.1 Å². The van der Waals surface area contributed by atoms with Gasteiger partial charge in [-0.1, -0.05) is 13.3 Å². The lowest BCUT2D eigenvalue weighted by atomic mass is 10.1. The average Bonchev–Trinajstić information content (AvgIpc) is 2.65. The Morgan fingerprint density at radius 1 is 1.21 bits per heavy atom. The molecule has 0 unspecified atom stereocenters. The molecule has 0 fully saturated rings. The maximum absolute atomic E-state index is 12.5. The second kappa shape index (κ2) is 6.55. The van der Waals surface area contributed by atoms with Gasteiger partial charge in [0, 0.05) is 24.3 Å². The van der Waals surface area contributed by atoms with Gasteiger partial charge in [-0.05, 0) is 39.7 Å². The van der Waals surface area contributed by atoms with Gasteiger partial charge in [0.15, 0.2) is 5.78 Å². The zero-order chi connectivity index (χ0) is 14.6. The molecule has 1 amide bonds. The van der Waals surface area contributed by atoms with Crippen LogP contribution in [0.1, 0.15) is 65.7 Å². The third-order valence-corrected chi connectivity index (χ3v) is 3.45. The van der Waals surface area contributed by atoms with Crippen molar-refractivity contribution >= 4 is 11.7 Å². The number of hydrogen-bond acceptors (Lipinski definition) is 2. The zero-order valence-corrected chi connectivity index (χ0v) is 12.6. The molecular weight excluding hydrogens is 240 g/mol. The van der Waals surface area contributed by atoms with E-state index in [1.165, 1.54) is 6.92 Å². The Labute approximate surface area is 115 Å². The van der Waals surface area contributed by atoms with Crippen LogP contribution in [0.2, 0.25) is 0 Å². The first-order chi connectivity index (χ1) is 8.93. The van der Waals surface area contributed by atoms with E-state index in [0.29, 0.717) is 17.8 Å². The SMILES string of the molecule is CCCCN(CC)C(=O)c1[nH]c(C)c(C(C)=O)c1C. The molecule has 1 N–H and O–H groups in total. The molecule has 1 aromatic heterocycles. The smallest absolute Gasteiger partial charge is 0.270 e. The first-order valence-electron chi connectivity index (χ1n) is 6.93. The zero-order valence-electron chi connectivity index (χ0n) is 12.6. The Kier molecular flexibility index (Phi) is 5.33. The van der Waals surface area contributed by atoms with E-state index in [4.69, 9.17) is 0 Å². The van der Waals surface area contributed by atoms with Crippen LogP contribution >= 0.6 is 0 Å². The van der Waals surface area contributed by atoms with Crippen molar-refractivity contribution in [3.63, 3.8) is 0 Å². The van der Waals surface area contributed by atoms with Crippen LogP contribution in [0.15, 0.2) is 0 Å². The fraction of sp³-hybridized carbons (Fsp3) is 0.600. The van der Waals surface area contributed by atoms with Gasteiger partial charge in [0.2, 0.25) is 0 Å². The minimum Gasteiger partial charge on any atom is -0.354 e. The van der Waals surface area contributed by atoms with Crippen LogP contribution in [0.3, 0.4) is 0 Å². The molecule has 4 nitrogen and oxygen atoms in total. The molecule has 0 aliphatic heterocycles. The summed E-state index contributed by atoms with van der Waals surface area (Å²) in [5, 5.41) is 0. The standard InChI is InChI=1S/C15H24N2O2/c1-6-8-9-17(7-2)15(19)14-10(3)13(12(5)18)11(4)16-14/h16H,6-9H2,1-5H3. The van der Waals surface area contributed by atoms with Gasteiger partial charge < -0.3 is 9.88 Å². The number of carbonyl (C=O) groups is 2. The molecule has 0 atom stereocenters. The van der Waals surface area contributed by atoms with Gasteiger partial charge in [0.25, 0.3) is 5.91 Å². The number of unbranched alkanes of at least 4 members (excludes halogenated alkanes) is 1. The molecule has 0 spiro atoms. The largest absolute Gasteiger partial charge is 0.354 e. The predicted octanol–water partition coefficient (Wildman–Crippen LogP) is 3.10. The number of hydrogen-bond donors (Lipinski definition) is 1. The highest BCUT2D eigenvalue weighted by Crippen LogP contribution is 2.20. The molecule has 0 saturated carbocycles. The van der Waals surface area contributed by atoms with Gasteiger partial charge in [0.1, 0.15) is 5.69 Å². The van der Waals surface area contributed by atoms with Crippen LogP contribution in [-0.2, 0) is 0 Å². The predicted molar refractivity (Wildman–Crippen MR) is 76.8 cm³/mol. The summed E-state index contributed by atoms with van der Waals surface area (Å²) in [7, 11) is 0. The maximum Gasteiger partial charge on any atom is 0.270 e. The van der Waals surface area contributed by atoms with Crippen LogP contribution in [-0.4, -0.2) is 34.7 Å². The summed E-state index contributed by atoms with van der Waals surface area (Å²) >= 11 is 0. The fourth-order valence-electron chi connectivity index (χ4n) is 2.40. The molecule has 0 bridgehead atoms. The third-order valence-electron chi connectivity index (χ3n) is 3.45. The van der Waals surface area contributed by atoms with E-state index in [-0.39, 0.29) is 11.7 Å². The summed E-state index contributed by atoms with van der Waals surface area (Å²) < 4.78 is 0. The van der Waals surface area contributed by atoms with E-state index in [1.807, 2.05) is 25.7 Å². The lowest BCUT2D eigenvalue weighted by Gasteiger charge is -2.20. The number of aromatic amines is 1. The van der Waals surface area contributed by atoms with Gasteiger partial charge >= 0.3 is 0 Å². The molecule has 19 heavy (non-hydrogen) atoms. The van der Waals surface area contributed by atoms with Crippen molar-refractivity contribution < 1.29 is 9.59 Å². The van der Waals surface area contributed by atoms with Crippen molar-refractivity contribution in [1.82, 2.24) is 9.88 Å². The van der Waals surface area contributed by atoms with E-state index in [0.717, 1.165) is 30.6 Å². The van der Waals surface area contributed by atoms with Gasteiger partial charge in [-0.3, -0.25) is 9.59 Å². The lowest BCUT2D eigenvalue weighted by molar-refractivity contribution is 0.0756. The summed E-state index contributed by atoms with van der Waals surface area (Å²) in [6, 6.07) is 0. The number of H-pyrrole nitrogens is 1. The highest BCUT2D eigenvalue weighted by Gasteiger charge is 2.22. The fourth-order valence-corrected chi connectivity index (χ4v) is 2.40. The number of carbonyl (C=O) groups excluding carboxylic acids is 2. The molecule has 0 aliphatic carbocycles. The van der Waals surface area contributed by atoms with Gasteiger partial charge in [0.05, 0.1) is 0 Å². The summed E-state index contributed by atoms with van der Waals surface area (Å²) in [6.07, 6.45) is 2.06. The highest BCUT2D eigenvalue weighted by atomic mass is 16.2. The van der Waals surface area contributed by atoms with Crippen molar-refractivity contribution in [2.45, 2.75) is 47.5 Å². The normalized spacial score (nSPS) is 10.6. The second-order valence-corrected chi connectivity index (χ2v) is 4.92. The molecule has 0 aliphatic rings. The molecule has 1 heterocycles. The number of aromatic nitrogens is 1. The first-order valence-corrected chi connectivity index (χ1v) is 6.93. The number of nitrogens with zero attached hydrogens (tertiary/aromatic N) is 1. The topological polar surface area (TPSA) is 53.2 Å². The number of rotatable bonds is 6. The summed E-state index contributed by atoms with van der Waals surface area (Å²) in [4.78, 5) is 29.0. The molecule has 1 rings (SSSR count). The number of nitrogens with one attached hydrogen (secondary N) is 1. The Morgan fingerprint density at radius 2 is 1.84 bits per heavy atom. The Bertz CT molecular complexity index is 475. The minimum atomic E-state index is -0.0101. The van der Waals surface area contributed by atoms with Crippen LogP contribution in [0.5, 0.6) is 0 Å². The van der Waals surface area contributed by atoms with E-state index in [1.54, 1.807) is 0 Å². The van der Waals surface area contributed by atoms with E-state index >= 15 is 0 Å². The van der Waals surface area contributed by atoms with Gasteiger partial charge in [-0.2, -0.15) is 0 Å². The minimum absolute atomic E-state index is 0.00177.